The second-order valence-electron chi connectivity index (χ2n) is 4.76. The monoisotopic (exact) mass is 220 g/mol. The quantitative estimate of drug-likeness (QED) is 0.739. The molecule has 0 atom stereocenters. The maximum atomic E-state index is 4.91. The SMILES string of the molecule is CNP(=NC(C)(C)C)(N(C)C)N(C)C. The predicted molar refractivity (Wildman–Crippen MR) is 65.5 cm³/mol. The third kappa shape index (κ3) is 3.35. The lowest BCUT2D eigenvalue weighted by Gasteiger charge is -2.38. The first-order valence-corrected chi connectivity index (χ1v) is 6.48. The van der Waals surface area contributed by atoms with Crippen molar-refractivity contribution in [3.05, 3.63) is 0 Å². The average Bonchev–Trinajstić information content (AvgIpc) is 1.97. The van der Waals surface area contributed by atoms with Gasteiger partial charge in [0.05, 0.1) is 5.54 Å². The zero-order valence-corrected chi connectivity index (χ0v) is 11.7. The molecule has 0 heterocycles. The third-order valence-corrected chi connectivity index (χ3v) is 5.56. The fourth-order valence-corrected chi connectivity index (χ4v) is 4.21. The summed E-state index contributed by atoms with van der Waals surface area (Å²) in [6.45, 7) is 6.39. The summed E-state index contributed by atoms with van der Waals surface area (Å²) in [7, 11) is 8.55. The molecule has 0 aromatic heterocycles. The maximum absolute atomic E-state index is 4.91. The van der Waals surface area contributed by atoms with E-state index in [1.807, 2.05) is 7.05 Å². The van der Waals surface area contributed by atoms with E-state index in [0.717, 1.165) is 0 Å². The average molecular weight is 220 g/mol. The van der Waals surface area contributed by atoms with Gasteiger partial charge in [0.1, 0.15) is 0 Å². The lowest BCUT2D eigenvalue weighted by Crippen LogP contribution is -2.31. The molecule has 1 N–H and O–H groups in total. The molecule has 14 heavy (non-hydrogen) atoms. The fourth-order valence-electron chi connectivity index (χ4n) is 1.40. The van der Waals surface area contributed by atoms with Gasteiger partial charge in [0.2, 0.25) is 0 Å². The predicted octanol–water partition coefficient (Wildman–Crippen LogP) is 2.07. The Kier molecular flexibility index (Phi) is 4.79. The lowest BCUT2D eigenvalue weighted by molar-refractivity contribution is 0.513. The molecule has 5 heteroatoms. The van der Waals surface area contributed by atoms with Crippen molar-refractivity contribution in [1.29, 1.82) is 0 Å². The van der Waals surface area contributed by atoms with Crippen molar-refractivity contribution in [2.75, 3.05) is 35.2 Å². The first-order valence-electron chi connectivity index (χ1n) is 4.84. The van der Waals surface area contributed by atoms with Crippen LogP contribution in [0.3, 0.4) is 0 Å². The molecule has 0 aromatic rings. The molecule has 0 bridgehead atoms. The molecule has 0 saturated carbocycles. The minimum atomic E-state index is -1.70. The Hall–Kier alpha value is 0.110. The van der Waals surface area contributed by atoms with Crippen molar-refractivity contribution in [1.82, 2.24) is 14.4 Å². The van der Waals surface area contributed by atoms with Gasteiger partial charge >= 0.3 is 0 Å². The topological polar surface area (TPSA) is 30.9 Å². The van der Waals surface area contributed by atoms with Crippen molar-refractivity contribution in [3.8, 4) is 0 Å². The standard InChI is InChI=1S/C9H25N4P/c1-9(2,3)11-14(10-4,12(5)6)13(7)8/h10H,1-8H3. The van der Waals surface area contributed by atoms with Gasteiger partial charge in [-0.1, -0.05) is 0 Å². The van der Waals surface area contributed by atoms with E-state index in [1.165, 1.54) is 0 Å². The van der Waals surface area contributed by atoms with E-state index in [1.54, 1.807) is 0 Å². The highest BCUT2D eigenvalue weighted by atomic mass is 31.2. The molecule has 0 amide bonds. The summed E-state index contributed by atoms with van der Waals surface area (Å²) in [5.41, 5.74) is -0.0225. The van der Waals surface area contributed by atoms with Gasteiger partial charge in [-0.25, -0.2) is 0 Å². The summed E-state index contributed by atoms with van der Waals surface area (Å²) >= 11 is 0. The highest BCUT2D eigenvalue weighted by Gasteiger charge is 2.26. The van der Waals surface area contributed by atoms with Crippen LogP contribution in [0.15, 0.2) is 4.74 Å². The van der Waals surface area contributed by atoms with E-state index < -0.39 is 7.51 Å². The smallest absolute Gasteiger partial charge is 0.164 e. The Morgan fingerprint density at radius 3 is 1.43 bits per heavy atom. The van der Waals surface area contributed by atoms with Crippen LogP contribution in [0.25, 0.3) is 0 Å². The zero-order chi connectivity index (χ0) is 11.6. The van der Waals surface area contributed by atoms with Crippen LogP contribution in [0.5, 0.6) is 0 Å². The zero-order valence-electron chi connectivity index (χ0n) is 10.8. The molecular weight excluding hydrogens is 195 g/mol. The molecule has 86 valence electrons. The fraction of sp³-hybridized carbons (Fsp3) is 1.00. The molecule has 0 aromatic carbocycles. The number of hydrogen-bond donors (Lipinski definition) is 1. The number of hydrogen-bond acceptors (Lipinski definition) is 1. The minimum Gasteiger partial charge on any atom is -0.262 e. The van der Waals surface area contributed by atoms with Gasteiger partial charge in [0, 0.05) is 0 Å². The molecule has 0 spiro atoms. The third-order valence-electron chi connectivity index (χ3n) is 1.85. The highest BCUT2D eigenvalue weighted by Crippen LogP contribution is 2.50. The van der Waals surface area contributed by atoms with Crippen molar-refractivity contribution >= 4 is 7.51 Å². The van der Waals surface area contributed by atoms with Crippen molar-refractivity contribution in [2.45, 2.75) is 26.3 Å². The summed E-state index contributed by atoms with van der Waals surface area (Å²) in [5, 5.41) is 3.37. The molecule has 0 rings (SSSR count). The van der Waals surface area contributed by atoms with E-state index in [0.29, 0.717) is 0 Å². The van der Waals surface area contributed by atoms with E-state index in [9.17, 15) is 0 Å². The van der Waals surface area contributed by atoms with Crippen LogP contribution in [0.4, 0.5) is 0 Å². The summed E-state index contributed by atoms with van der Waals surface area (Å²) in [5.74, 6) is 0. The Bertz CT molecular complexity index is 215. The maximum Gasteiger partial charge on any atom is 0.164 e. The van der Waals surface area contributed by atoms with Gasteiger partial charge < -0.3 is 0 Å². The first kappa shape index (κ1) is 14.1. The van der Waals surface area contributed by atoms with E-state index in [-0.39, 0.29) is 5.54 Å². The van der Waals surface area contributed by atoms with Crippen molar-refractivity contribution in [3.63, 3.8) is 0 Å². The molecule has 0 aliphatic carbocycles. The Morgan fingerprint density at radius 2 is 1.36 bits per heavy atom. The molecule has 4 nitrogen and oxygen atoms in total. The second-order valence-corrected chi connectivity index (χ2v) is 8.14. The Balaban J connectivity index is 5.37. The second kappa shape index (κ2) is 4.75. The van der Waals surface area contributed by atoms with Gasteiger partial charge in [-0.2, -0.15) is 0 Å². The van der Waals surface area contributed by atoms with Crippen LogP contribution >= 0.6 is 7.51 Å². The summed E-state index contributed by atoms with van der Waals surface area (Å²) in [6, 6.07) is 0. The number of rotatable bonds is 3. The van der Waals surface area contributed by atoms with Crippen LogP contribution in [0.1, 0.15) is 20.8 Å². The van der Waals surface area contributed by atoms with Crippen molar-refractivity contribution < 1.29 is 0 Å². The van der Waals surface area contributed by atoms with Gasteiger partial charge in [0.25, 0.3) is 0 Å². The largest absolute Gasteiger partial charge is 0.262 e. The van der Waals surface area contributed by atoms with Gasteiger partial charge in [-0.15, -0.1) is 0 Å². The molecule has 0 radical (unpaired) electrons. The van der Waals surface area contributed by atoms with Gasteiger partial charge in [0.15, 0.2) is 7.51 Å². The summed E-state index contributed by atoms with van der Waals surface area (Å²) in [4.78, 5) is 0. The van der Waals surface area contributed by atoms with Gasteiger partial charge in [-0.05, 0) is 56.0 Å². The molecule has 0 fully saturated rings. The van der Waals surface area contributed by atoms with Crippen LogP contribution in [-0.4, -0.2) is 50.1 Å². The van der Waals surface area contributed by atoms with E-state index >= 15 is 0 Å². The van der Waals surface area contributed by atoms with Gasteiger partial charge in [-0.3, -0.25) is 19.2 Å². The van der Waals surface area contributed by atoms with Crippen LogP contribution in [0, 0.1) is 0 Å². The summed E-state index contributed by atoms with van der Waals surface area (Å²) in [6.07, 6.45) is 0. The lowest BCUT2D eigenvalue weighted by atomic mass is 10.1. The van der Waals surface area contributed by atoms with Crippen LogP contribution < -0.4 is 5.09 Å². The molecular formula is C9H25N4P. The first-order chi connectivity index (χ1) is 6.15. The van der Waals surface area contributed by atoms with E-state index in [4.69, 9.17) is 4.74 Å². The highest BCUT2D eigenvalue weighted by molar-refractivity contribution is 7.59. The van der Waals surface area contributed by atoms with Crippen LogP contribution in [0.2, 0.25) is 0 Å². The van der Waals surface area contributed by atoms with E-state index in [2.05, 4.69) is 63.4 Å². The number of nitrogens with one attached hydrogen (secondary N) is 1. The molecule has 0 unspecified atom stereocenters. The van der Waals surface area contributed by atoms with Crippen molar-refractivity contribution in [2.24, 2.45) is 4.74 Å². The number of nitrogens with zero attached hydrogens (tertiary/aromatic N) is 3. The minimum absolute atomic E-state index is 0.0225. The molecule has 0 saturated heterocycles. The summed E-state index contributed by atoms with van der Waals surface area (Å²) < 4.78 is 9.27. The van der Waals surface area contributed by atoms with Crippen LogP contribution in [-0.2, 0) is 0 Å². The molecule has 0 aliphatic heterocycles. The Labute approximate surface area is 88.9 Å². The normalized spacial score (nSPS) is 13.9. The Morgan fingerprint density at radius 1 is 1.00 bits per heavy atom. The molecule has 0 aliphatic rings.